The summed E-state index contributed by atoms with van der Waals surface area (Å²) in [5.74, 6) is -0.725. The third kappa shape index (κ3) is 7.92. The molecular weight excluding hydrogens is 179 g/mol. The van der Waals surface area contributed by atoms with Gasteiger partial charge in [0.1, 0.15) is 0 Å². The second kappa shape index (κ2) is 7.47. The SMILES string of the molecule is COOCCP(C)CCC(=O)O. The number of rotatable bonds is 7. The first-order valence-electron chi connectivity index (χ1n) is 3.72. The summed E-state index contributed by atoms with van der Waals surface area (Å²) in [6.07, 6.45) is 1.92. The van der Waals surface area contributed by atoms with E-state index in [1.54, 1.807) is 0 Å². The van der Waals surface area contributed by atoms with E-state index in [1.165, 1.54) is 7.11 Å². The van der Waals surface area contributed by atoms with Crippen molar-refractivity contribution in [2.24, 2.45) is 0 Å². The number of carboxylic acid groups (broad SMARTS) is 1. The van der Waals surface area contributed by atoms with Crippen molar-refractivity contribution in [1.82, 2.24) is 0 Å². The molecule has 0 amide bonds. The van der Waals surface area contributed by atoms with Crippen molar-refractivity contribution in [2.45, 2.75) is 6.42 Å². The van der Waals surface area contributed by atoms with E-state index in [1.807, 2.05) is 0 Å². The number of carbonyl (C=O) groups is 1. The van der Waals surface area contributed by atoms with Crippen LogP contribution >= 0.6 is 7.92 Å². The first-order valence-corrected chi connectivity index (χ1v) is 5.88. The van der Waals surface area contributed by atoms with Gasteiger partial charge in [0, 0.05) is 6.42 Å². The fourth-order valence-corrected chi connectivity index (χ4v) is 1.86. The van der Waals surface area contributed by atoms with Gasteiger partial charge < -0.3 is 5.11 Å². The lowest BCUT2D eigenvalue weighted by molar-refractivity contribution is -0.267. The number of aliphatic carboxylic acids is 1. The standard InChI is InChI=1S/C7H15O4P/c1-10-11-4-6-12(2)5-3-7(8)9/h3-6H2,1-2H3,(H,8,9). The maximum absolute atomic E-state index is 10.2. The smallest absolute Gasteiger partial charge is 0.303 e. The second-order valence-electron chi connectivity index (χ2n) is 2.44. The molecule has 0 spiro atoms. The van der Waals surface area contributed by atoms with Crippen LogP contribution in [0.4, 0.5) is 0 Å². The van der Waals surface area contributed by atoms with Crippen LogP contribution in [0.3, 0.4) is 0 Å². The Kier molecular flexibility index (Phi) is 7.36. The molecule has 1 atom stereocenters. The second-order valence-corrected chi connectivity index (χ2v) is 5.04. The average molecular weight is 194 g/mol. The highest BCUT2D eigenvalue weighted by Gasteiger charge is 2.04. The third-order valence-electron chi connectivity index (χ3n) is 1.38. The molecule has 1 N–H and O–H groups in total. The number of carboxylic acids is 1. The number of hydrogen-bond donors (Lipinski definition) is 1. The molecule has 12 heavy (non-hydrogen) atoms. The van der Waals surface area contributed by atoms with Crippen LogP contribution in [-0.2, 0) is 14.6 Å². The van der Waals surface area contributed by atoms with Crippen molar-refractivity contribution >= 4 is 13.9 Å². The van der Waals surface area contributed by atoms with Gasteiger partial charge in [-0.15, -0.1) is 7.92 Å². The van der Waals surface area contributed by atoms with Crippen LogP contribution in [0.15, 0.2) is 0 Å². The molecule has 0 aromatic rings. The Hall–Kier alpha value is -0.180. The minimum Gasteiger partial charge on any atom is -0.481 e. The van der Waals surface area contributed by atoms with E-state index in [9.17, 15) is 4.79 Å². The molecule has 0 saturated heterocycles. The van der Waals surface area contributed by atoms with Crippen molar-refractivity contribution in [2.75, 3.05) is 32.7 Å². The molecule has 1 unspecified atom stereocenters. The van der Waals surface area contributed by atoms with Crippen LogP contribution in [0.2, 0.25) is 0 Å². The monoisotopic (exact) mass is 194 g/mol. The van der Waals surface area contributed by atoms with Gasteiger partial charge in [0.2, 0.25) is 0 Å². The van der Waals surface area contributed by atoms with Crippen molar-refractivity contribution < 1.29 is 19.7 Å². The summed E-state index contributed by atoms with van der Waals surface area (Å²) in [5.41, 5.74) is 0. The van der Waals surface area contributed by atoms with E-state index >= 15 is 0 Å². The van der Waals surface area contributed by atoms with Gasteiger partial charge in [-0.25, -0.2) is 9.78 Å². The zero-order chi connectivity index (χ0) is 9.40. The molecule has 0 rings (SSSR count). The van der Waals surface area contributed by atoms with Gasteiger partial charge in [0.25, 0.3) is 0 Å². The van der Waals surface area contributed by atoms with Gasteiger partial charge in [0.05, 0.1) is 13.7 Å². The first-order chi connectivity index (χ1) is 5.66. The summed E-state index contributed by atoms with van der Waals surface area (Å²) < 4.78 is 0. The van der Waals surface area contributed by atoms with Gasteiger partial charge in [-0.1, -0.05) is 0 Å². The summed E-state index contributed by atoms with van der Waals surface area (Å²) in [7, 11) is 1.26. The molecule has 0 aliphatic rings. The van der Waals surface area contributed by atoms with Crippen LogP contribution in [0, 0.1) is 0 Å². The predicted octanol–water partition coefficient (Wildman–Crippen LogP) is 1.15. The van der Waals surface area contributed by atoms with Gasteiger partial charge in [-0.05, 0) is 19.0 Å². The highest BCUT2D eigenvalue weighted by atomic mass is 31.1. The Labute approximate surface area is 73.5 Å². The fourth-order valence-electron chi connectivity index (χ4n) is 0.675. The van der Waals surface area contributed by atoms with E-state index < -0.39 is 5.97 Å². The Bertz CT molecular complexity index is 129. The predicted molar refractivity (Wildman–Crippen MR) is 47.8 cm³/mol. The topological polar surface area (TPSA) is 55.8 Å². The molecule has 0 bridgehead atoms. The van der Waals surface area contributed by atoms with Gasteiger partial charge in [-0.3, -0.25) is 4.79 Å². The van der Waals surface area contributed by atoms with Crippen LogP contribution in [0.1, 0.15) is 6.42 Å². The minimum atomic E-state index is -0.725. The van der Waals surface area contributed by atoms with E-state index in [4.69, 9.17) is 5.11 Å². The Balaban J connectivity index is 3.21. The Morgan fingerprint density at radius 2 is 2.17 bits per heavy atom. The highest BCUT2D eigenvalue weighted by molar-refractivity contribution is 7.56. The lowest BCUT2D eigenvalue weighted by Crippen LogP contribution is -2.02. The highest BCUT2D eigenvalue weighted by Crippen LogP contribution is 2.30. The lowest BCUT2D eigenvalue weighted by atomic mass is 10.5. The van der Waals surface area contributed by atoms with E-state index in [2.05, 4.69) is 16.4 Å². The van der Waals surface area contributed by atoms with E-state index in [0.29, 0.717) is 6.61 Å². The number of hydrogen-bond acceptors (Lipinski definition) is 3. The van der Waals surface area contributed by atoms with Crippen LogP contribution in [0.5, 0.6) is 0 Å². The molecule has 0 aliphatic carbocycles. The van der Waals surface area contributed by atoms with Crippen LogP contribution in [0.25, 0.3) is 0 Å². The summed E-state index contributed by atoms with van der Waals surface area (Å²) in [6, 6.07) is 0. The molecule has 0 saturated carbocycles. The summed E-state index contributed by atoms with van der Waals surface area (Å²) in [6.45, 7) is 2.62. The fraction of sp³-hybridized carbons (Fsp3) is 0.857. The average Bonchev–Trinajstić information content (AvgIpc) is 2.01. The largest absolute Gasteiger partial charge is 0.481 e. The Morgan fingerprint density at radius 3 is 2.67 bits per heavy atom. The van der Waals surface area contributed by atoms with E-state index in [0.717, 1.165) is 12.3 Å². The maximum atomic E-state index is 10.2. The van der Waals surface area contributed by atoms with Crippen molar-refractivity contribution in [3.8, 4) is 0 Å². The quantitative estimate of drug-likeness (QED) is 0.286. The molecule has 72 valence electrons. The molecule has 0 aromatic heterocycles. The third-order valence-corrected chi connectivity index (χ3v) is 3.31. The Morgan fingerprint density at radius 1 is 1.50 bits per heavy atom. The van der Waals surface area contributed by atoms with Gasteiger partial charge in [-0.2, -0.15) is 0 Å². The zero-order valence-electron chi connectivity index (χ0n) is 7.45. The van der Waals surface area contributed by atoms with E-state index in [-0.39, 0.29) is 14.3 Å². The first kappa shape index (κ1) is 11.8. The maximum Gasteiger partial charge on any atom is 0.303 e. The van der Waals surface area contributed by atoms with Crippen molar-refractivity contribution in [3.05, 3.63) is 0 Å². The molecule has 4 nitrogen and oxygen atoms in total. The summed E-state index contributed by atoms with van der Waals surface area (Å²) in [5, 5.41) is 8.39. The molecule has 0 aromatic carbocycles. The molecule has 0 aliphatic heterocycles. The van der Waals surface area contributed by atoms with Crippen LogP contribution in [-0.4, -0.2) is 43.8 Å². The molecule has 0 radical (unpaired) electrons. The normalized spacial score (nSPS) is 12.8. The molecule has 0 fully saturated rings. The zero-order valence-corrected chi connectivity index (χ0v) is 8.34. The minimum absolute atomic E-state index is 0.211. The van der Waals surface area contributed by atoms with Crippen molar-refractivity contribution in [1.29, 1.82) is 0 Å². The van der Waals surface area contributed by atoms with Gasteiger partial charge in [0.15, 0.2) is 0 Å². The lowest BCUT2D eigenvalue weighted by Gasteiger charge is -2.09. The van der Waals surface area contributed by atoms with Crippen LogP contribution < -0.4 is 0 Å². The molecule has 5 heteroatoms. The van der Waals surface area contributed by atoms with Gasteiger partial charge >= 0.3 is 5.97 Å². The molecular formula is C7H15O4P. The van der Waals surface area contributed by atoms with Crippen molar-refractivity contribution in [3.63, 3.8) is 0 Å². The molecule has 0 heterocycles. The summed E-state index contributed by atoms with van der Waals surface area (Å²) in [4.78, 5) is 19.3. The summed E-state index contributed by atoms with van der Waals surface area (Å²) >= 11 is 0.